The Hall–Kier alpha value is 0.710. The highest BCUT2D eigenvalue weighted by Gasteiger charge is 2.52. The minimum atomic E-state index is -3.85. The van der Waals surface area contributed by atoms with Crippen molar-refractivity contribution in [2.75, 3.05) is 7.11 Å². The molecule has 0 saturated carbocycles. The summed E-state index contributed by atoms with van der Waals surface area (Å²) >= 11 is 4.07. The zero-order valence-electron chi connectivity index (χ0n) is 4.30. The molecule has 0 N–H and O–H groups in total. The van der Waals surface area contributed by atoms with Crippen LogP contribution in [-0.2, 0) is 4.74 Å². The molecule has 0 atom stereocenters. The lowest BCUT2D eigenvalue weighted by Gasteiger charge is -2.20. The van der Waals surface area contributed by atoms with Crippen molar-refractivity contribution in [3.63, 3.8) is 0 Å². The fourth-order valence-corrected chi connectivity index (χ4v) is 0.439. The second-order valence-corrected chi connectivity index (χ2v) is 4.47. The molecule has 0 spiro atoms. The predicted molar refractivity (Wildman–Crippen MR) is 33.6 cm³/mol. The van der Waals surface area contributed by atoms with E-state index in [2.05, 4.69) is 4.74 Å². The molecule has 9 heavy (non-hydrogen) atoms. The van der Waals surface area contributed by atoms with Crippen molar-refractivity contribution in [3.05, 3.63) is 0 Å². The van der Waals surface area contributed by atoms with Gasteiger partial charge in [-0.15, -0.1) is 0 Å². The molecule has 0 bridgehead atoms. The van der Waals surface area contributed by atoms with Crippen LogP contribution in [0.15, 0.2) is 0 Å². The van der Waals surface area contributed by atoms with E-state index >= 15 is 0 Å². The van der Waals surface area contributed by atoms with Gasteiger partial charge in [0.15, 0.2) is 0 Å². The first-order valence-corrected chi connectivity index (χ1v) is 3.39. The average Bonchev–Trinajstić information content (AvgIpc) is 1.64. The molecule has 0 aliphatic heterocycles. The summed E-state index contributed by atoms with van der Waals surface area (Å²) in [6.45, 7) is 0. The fraction of sp³-hybridized carbons (Fsp3) is 1.00. The number of hydrogen-bond acceptors (Lipinski definition) is 1. The SMILES string of the molecule is COC(F)(F)C(F)(Br)Br. The van der Waals surface area contributed by atoms with E-state index in [1.165, 1.54) is 0 Å². The topological polar surface area (TPSA) is 9.23 Å². The Labute approximate surface area is 66.8 Å². The smallest absolute Gasteiger partial charge is 0.320 e. The molecular formula is C3H3Br2F3O. The molecule has 0 unspecified atom stereocenters. The molecule has 0 amide bonds. The van der Waals surface area contributed by atoms with E-state index in [4.69, 9.17) is 0 Å². The summed E-state index contributed by atoms with van der Waals surface area (Å²) in [4.78, 5) is 0. The summed E-state index contributed by atoms with van der Waals surface area (Å²) < 4.78 is 36.6. The van der Waals surface area contributed by atoms with Crippen molar-refractivity contribution < 1.29 is 17.9 Å². The fourth-order valence-electron chi connectivity index (χ4n) is 0.116. The van der Waals surface area contributed by atoms with Gasteiger partial charge in [-0.2, -0.15) is 8.78 Å². The minimum absolute atomic E-state index is 0.705. The second-order valence-electron chi connectivity index (χ2n) is 1.22. The highest BCUT2D eigenvalue weighted by atomic mass is 79.9. The van der Waals surface area contributed by atoms with Crippen molar-refractivity contribution in [3.8, 4) is 0 Å². The summed E-state index contributed by atoms with van der Waals surface area (Å²) in [6.07, 6.45) is -3.85. The van der Waals surface area contributed by atoms with E-state index in [1.54, 1.807) is 0 Å². The van der Waals surface area contributed by atoms with Gasteiger partial charge in [0, 0.05) is 7.11 Å². The monoisotopic (exact) mass is 270 g/mol. The van der Waals surface area contributed by atoms with E-state index in [9.17, 15) is 13.2 Å². The summed E-state index contributed by atoms with van der Waals surface area (Å²) in [5.41, 5.74) is 0. The summed E-state index contributed by atoms with van der Waals surface area (Å²) in [5, 5.41) is 0. The summed E-state index contributed by atoms with van der Waals surface area (Å²) in [7, 11) is 0.705. The second kappa shape index (κ2) is 2.75. The van der Waals surface area contributed by atoms with Gasteiger partial charge in [-0.3, -0.25) is 0 Å². The third-order valence-electron chi connectivity index (χ3n) is 0.586. The van der Waals surface area contributed by atoms with Crippen molar-refractivity contribution in [1.29, 1.82) is 0 Å². The molecular weight excluding hydrogens is 269 g/mol. The maximum Gasteiger partial charge on any atom is 0.409 e. The van der Waals surface area contributed by atoms with Gasteiger partial charge < -0.3 is 4.74 Å². The lowest BCUT2D eigenvalue weighted by Crippen LogP contribution is -2.35. The van der Waals surface area contributed by atoms with E-state index in [0.29, 0.717) is 7.11 Å². The standard InChI is InChI=1S/C3H3Br2F3O/c1-9-3(7,8)2(4,5)6/h1H3. The maximum atomic E-state index is 12.1. The number of rotatable bonds is 2. The Morgan fingerprint density at radius 2 is 1.56 bits per heavy atom. The lowest BCUT2D eigenvalue weighted by atomic mass is 10.7. The van der Waals surface area contributed by atoms with E-state index in [0.717, 1.165) is 0 Å². The quantitative estimate of drug-likeness (QED) is 0.702. The molecule has 0 fully saturated rings. The summed E-state index contributed by atoms with van der Waals surface area (Å²) in [5.74, 6) is 0. The zero-order chi connectivity index (χ0) is 7.71. The number of hydrogen-bond donors (Lipinski definition) is 0. The normalized spacial score (nSPS) is 14.0. The van der Waals surface area contributed by atoms with Crippen LogP contribution in [-0.4, -0.2) is 16.7 Å². The molecule has 0 aromatic carbocycles. The molecule has 6 heteroatoms. The van der Waals surface area contributed by atoms with Gasteiger partial charge in [-0.05, 0) is 31.9 Å². The Balaban J connectivity index is 4.14. The van der Waals surface area contributed by atoms with Crippen LogP contribution in [0.25, 0.3) is 0 Å². The molecule has 0 radical (unpaired) electrons. The highest BCUT2D eigenvalue weighted by Crippen LogP contribution is 2.43. The molecule has 0 aliphatic carbocycles. The molecule has 0 saturated heterocycles. The maximum absolute atomic E-state index is 12.1. The van der Waals surface area contributed by atoms with Gasteiger partial charge in [0.25, 0.3) is 0 Å². The molecule has 0 aliphatic rings. The third kappa shape index (κ3) is 2.43. The Kier molecular flexibility index (Phi) is 2.97. The number of alkyl halides is 5. The van der Waals surface area contributed by atoms with Crippen LogP contribution >= 0.6 is 31.9 Å². The third-order valence-corrected chi connectivity index (χ3v) is 1.51. The number of methoxy groups -OCH3 is 1. The highest BCUT2D eigenvalue weighted by molar-refractivity contribution is 9.25. The van der Waals surface area contributed by atoms with E-state index < -0.39 is 9.60 Å². The van der Waals surface area contributed by atoms with Crippen LogP contribution in [0.5, 0.6) is 0 Å². The first-order chi connectivity index (χ1) is 3.81. The zero-order valence-corrected chi connectivity index (χ0v) is 7.47. The summed E-state index contributed by atoms with van der Waals surface area (Å²) in [6, 6.07) is 0. The van der Waals surface area contributed by atoms with Crippen molar-refractivity contribution in [2.24, 2.45) is 0 Å². The number of ether oxygens (including phenoxy) is 1. The Morgan fingerprint density at radius 3 is 1.56 bits per heavy atom. The molecule has 0 aromatic heterocycles. The van der Waals surface area contributed by atoms with Gasteiger partial charge in [0.1, 0.15) is 0 Å². The largest absolute Gasteiger partial charge is 0.409 e. The van der Waals surface area contributed by atoms with Gasteiger partial charge in [-0.1, -0.05) is 0 Å². The molecule has 0 rings (SSSR count). The molecule has 1 nitrogen and oxygen atoms in total. The van der Waals surface area contributed by atoms with E-state index in [1.807, 2.05) is 31.9 Å². The van der Waals surface area contributed by atoms with Crippen molar-refractivity contribution in [2.45, 2.75) is 9.60 Å². The first kappa shape index (κ1) is 9.71. The van der Waals surface area contributed by atoms with E-state index in [-0.39, 0.29) is 0 Å². The van der Waals surface area contributed by atoms with Gasteiger partial charge >= 0.3 is 9.60 Å². The predicted octanol–water partition coefficient (Wildman–Crippen LogP) is 2.64. The van der Waals surface area contributed by atoms with Crippen LogP contribution in [0, 0.1) is 0 Å². The van der Waals surface area contributed by atoms with Crippen LogP contribution < -0.4 is 0 Å². The Morgan fingerprint density at radius 1 is 1.22 bits per heavy atom. The number of halogens is 5. The van der Waals surface area contributed by atoms with Crippen molar-refractivity contribution >= 4 is 31.9 Å². The van der Waals surface area contributed by atoms with Crippen LogP contribution in [0.2, 0.25) is 0 Å². The minimum Gasteiger partial charge on any atom is -0.320 e. The van der Waals surface area contributed by atoms with Crippen LogP contribution in [0.4, 0.5) is 13.2 Å². The Bertz CT molecular complexity index is 99.7. The lowest BCUT2D eigenvalue weighted by molar-refractivity contribution is -0.244. The molecule has 56 valence electrons. The average molecular weight is 272 g/mol. The van der Waals surface area contributed by atoms with Crippen LogP contribution in [0.1, 0.15) is 0 Å². The van der Waals surface area contributed by atoms with Gasteiger partial charge in [0.2, 0.25) is 0 Å². The van der Waals surface area contributed by atoms with Crippen LogP contribution in [0.3, 0.4) is 0 Å². The van der Waals surface area contributed by atoms with Gasteiger partial charge in [-0.25, -0.2) is 4.39 Å². The van der Waals surface area contributed by atoms with Gasteiger partial charge in [0.05, 0.1) is 0 Å². The molecule has 0 aromatic rings. The first-order valence-electron chi connectivity index (χ1n) is 1.81. The van der Waals surface area contributed by atoms with Crippen molar-refractivity contribution in [1.82, 2.24) is 0 Å². The molecule has 0 heterocycles.